The molecule has 19 heavy (non-hydrogen) atoms. The van der Waals surface area contributed by atoms with Gasteiger partial charge in [0.25, 0.3) is 0 Å². The number of aromatic nitrogens is 3. The summed E-state index contributed by atoms with van der Waals surface area (Å²) in [7, 11) is 1.91. The highest BCUT2D eigenvalue weighted by Crippen LogP contribution is 2.24. The number of hydrogen-bond acceptors (Lipinski definition) is 4. The number of rotatable bonds is 4. The molecule has 1 N–H and O–H groups in total. The average molecular weight is 270 g/mol. The van der Waals surface area contributed by atoms with Gasteiger partial charge in [0.2, 0.25) is 0 Å². The van der Waals surface area contributed by atoms with Gasteiger partial charge in [0, 0.05) is 30.7 Å². The topological polar surface area (TPSA) is 42.7 Å². The smallest absolute Gasteiger partial charge is 0.183 e. The fourth-order valence-corrected chi connectivity index (χ4v) is 2.53. The molecule has 0 saturated carbocycles. The molecule has 0 atom stereocenters. The van der Waals surface area contributed by atoms with Crippen molar-refractivity contribution < 1.29 is 0 Å². The minimum atomic E-state index is 0.792. The van der Waals surface area contributed by atoms with Crippen molar-refractivity contribution in [2.24, 2.45) is 7.05 Å². The normalized spacial score (nSPS) is 10.6. The molecule has 5 heteroatoms. The molecule has 2 heterocycles. The van der Waals surface area contributed by atoms with Gasteiger partial charge in [-0.1, -0.05) is 30.3 Å². The van der Waals surface area contributed by atoms with Crippen molar-refractivity contribution in [3.05, 3.63) is 53.7 Å². The lowest BCUT2D eigenvalue weighted by molar-refractivity contribution is 0.768. The SMILES string of the molecule is Cn1cc(-c2csc(NCc3ccccc3)n2)cn1. The molecule has 0 aliphatic heterocycles. The number of thiazole rings is 1. The first-order valence-corrected chi connectivity index (χ1v) is 6.91. The zero-order valence-electron chi connectivity index (χ0n) is 10.6. The maximum absolute atomic E-state index is 4.56. The summed E-state index contributed by atoms with van der Waals surface area (Å²) in [6.07, 6.45) is 3.80. The van der Waals surface area contributed by atoms with Gasteiger partial charge in [-0.15, -0.1) is 11.3 Å². The van der Waals surface area contributed by atoms with Crippen LogP contribution in [0.2, 0.25) is 0 Å². The highest BCUT2D eigenvalue weighted by Gasteiger charge is 2.05. The van der Waals surface area contributed by atoms with Crippen LogP contribution in [0.25, 0.3) is 11.3 Å². The largest absolute Gasteiger partial charge is 0.357 e. The molecule has 0 radical (unpaired) electrons. The summed E-state index contributed by atoms with van der Waals surface area (Å²) >= 11 is 1.61. The Bertz CT molecular complexity index is 657. The third-order valence-corrected chi connectivity index (χ3v) is 3.59. The zero-order valence-corrected chi connectivity index (χ0v) is 11.4. The second-order valence-corrected chi connectivity index (χ2v) is 5.14. The Kier molecular flexibility index (Phi) is 3.29. The Morgan fingerprint density at radius 2 is 2.11 bits per heavy atom. The van der Waals surface area contributed by atoms with E-state index in [0.717, 1.165) is 22.9 Å². The Morgan fingerprint density at radius 3 is 2.84 bits per heavy atom. The van der Waals surface area contributed by atoms with Crippen LogP contribution in [0.3, 0.4) is 0 Å². The van der Waals surface area contributed by atoms with Gasteiger partial charge in [-0.05, 0) is 5.56 Å². The molecule has 0 amide bonds. The van der Waals surface area contributed by atoms with Crippen LogP contribution in [-0.2, 0) is 13.6 Å². The molecule has 96 valence electrons. The molecule has 4 nitrogen and oxygen atoms in total. The zero-order chi connectivity index (χ0) is 13.1. The number of nitrogens with zero attached hydrogens (tertiary/aromatic N) is 3. The van der Waals surface area contributed by atoms with Crippen molar-refractivity contribution in [2.45, 2.75) is 6.54 Å². The quantitative estimate of drug-likeness (QED) is 0.792. The van der Waals surface area contributed by atoms with E-state index < -0.39 is 0 Å². The third-order valence-electron chi connectivity index (χ3n) is 2.79. The van der Waals surface area contributed by atoms with Crippen LogP contribution in [0.5, 0.6) is 0 Å². The lowest BCUT2D eigenvalue weighted by Crippen LogP contribution is -1.98. The summed E-state index contributed by atoms with van der Waals surface area (Å²) in [5.41, 5.74) is 3.26. The Balaban J connectivity index is 1.68. The van der Waals surface area contributed by atoms with Crippen LogP contribution in [0, 0.1) is 0 Å². The van der Waals surface area contributed by atoms with Gasteiger partial charge in [-0.3, -0.25) is 4.68 Å². The van der Waals surface area contributed by atoms with Crippen LogP contribution in [0.1, 0.15) is 5.56 Å². The second kappa shape index (κ2) is 5.24. The number of benzene rings is 1. The Morgan fingerprint density at radius 1 is 1.26 bits per heavy atom. The van der Waals surface area contributed by atoms with Crippen LogP contribution in [-0.4, -0.2) is 14.8 Å². The molecule has 2 aromatic heterocycles. The Labute approximate surface area is 115 Å². The summed E-state index contributed by atoms with van der Waals surface area (Å²) in [5.74, 6) is 0. The highest BCUT2D eigenvalue weighted by atomic mass is 32.1. The average Bonchev–Trinajstić information content (AvgIpc) is 3.06. The van der Waals surface area contributed by atoms with Crippen LogP contribution in [0.4, 0.5) is 5.13 Å². The standard InChI is InChI=1S/C14H14N4S/c1-18-9-12(8-16-18)13-10-19-14(17-13)15-7-11-5-3-2-4-6-11/h2-6,8-10H,7H2,1H3,(H,15,17). The van der Waals surface area contributed by atoms with Gasteiger partial charge >= 0.3 is 0 Å². The van der Waals surface area contributed by atoms with Gasteiger partial charge in [-0.2, -0.15) is 5.10 Å². The first-order chi connectivity index (χ1) is 9.31. The van der Waals surface area contributed by atoms with E-state index >= 15 is 0 Å². The number of hydrogen-bond donors (Lipinski definition) is 1. The van der Waals surface area contributed by atoms with Crippen LogP contribution >= 0.6 is 11.3 Å². The number of anilines is 1. The van der Waals surface area contributed by atoms with Gasteiger partial charge in [0.15, 0.2) is 5.13 Å². The van der Waals surface area contributed by atoms with E-state index in [0.29, 0.717) is 0 Å². The van der Waals surface area contributed by atoms with Gasteiger partial charge < -0.3 is 5.32 Å². The van der Waals surface area contributed by atoms with Gasteiger partial charge in [0.1, 0.15) is 0 Å². The first kappa shape index (κ1) is 11.9. The number of nitrogens with one attached hydrogen (secondary N) is 1. The predicted molar refractivity (Wildman–Crippen MR) is 78.1 cm³/mol. The predicted octanol–water partition coefficient (Wildman–Crippen LogP) is 3.16. The van der Waals surface area contributed by atoms with E-state index in [1.807, 2.05) is 43.0 Å². The van der Waals surface area contributed by atoms with E-state index in [4.69, 9.17) is 0 Å². The second-order valence-electron chi connectivity index (χ2n) is 4.28. The van der Waals surface area contributed by atoms with Crippen molar-refractivity contribution in [1.82, 2.24) is 14.8 Å². The van der Waals surface area contributed by atoms with Crippen molar-refractivity contribution in [1.29, 1.82) is 0 Å². The molecule has 0 spiro atoms. The van der Waals surface area contributed by atoms with E-state index in [1.165, 1.54) is 5.56 Å². The van der Waals surface area contributed by atoms with E-state index in [-0.39, 0.29) is 0 Å². The highest BCUT2D eigenvalue weighted by molar-refractivity contribution is 7.14. The van der Waals surface area contributed by atoms with Crippen LogP contribution < -0.4 is 5.32 Å². The van der Waals surface area contributed by atoms with Gasteiger partial charge in [0.05, 0.1) is 11.9 Å². The molecule has 1 aromatic carbocycles. The summed E-state index contributed by atoms with van der Waals surface area (Å²) < 4.78 is 1.78. The molecule has 0 aliphatic carbocycles. The fraction of sp³-hybridized carbons (Fsp3) is 0.143. The monoisotopic (exact) mass is 270 g/mol. The minimum Gasteiger partial charge on any atom is -0.357 e. The molecule has 3 aromatic rings. The summed E-state index contributed by atoms with van der Waals surface area (Å²) in [6, 6.07) is 10.3. The fourth-order valence-electron chi connectivity index (χ4n) is 1.81. The van der Waals surface area contributed by atoms with E-state index in [9.17, 15) is 0 Å². The number of aryl methyl sites for hydroxylation is 1. The maximum Gasteiger partial charge on any atom is 0.183 e. The molecule has 3 rings (SSSR count). The minimum absolute atomic E-state index is 0.792. The molecular formula is C14H14N4S. The molecule has 0 unspecified atom stereocenters. The molecule has 0 fully saturated rings. The lowest BCUT2D eigenvalue weighted by atomic mass is 10.2. The van der Waals surface area contributed by atoms with Crippen LogP contribution in [0.15, 0.2) is 48.1 Å². The van der Waals surface area contributed by atoms with E-state index in [2.05, 4.69) is 27.5 Å². The van der Waals surface area contributed by atoms with E-state index in [1.54, 1.807) is 16.0 Å². The maximum atomic E-state index is 4.56. The summed E-state index contributed by atoms with van der Waals surface area (Å²) in [5, 5.41) is 10.5. The first-order valence-electron chi connectivity index (χ1n) is 6.03. The van der Waals surface area contributed by atoms with Crippen molar-refractivity contribution in [3.8, 4) is 11.3 Å². The molecule has 0 saturated heterocycles. The van der Waals surface area contributed by atoms with Crippen molar-refractivity contribution in [3.63, 3.8) is 0 Å². The lowest BCUT2D eigenvalue weighted by Gasteiger charge is -2.01. The summed E-state index contributed by atoms with van der Waals surface area (Å²) in [6.45, 7) is 0.792. The van der Waals surface area contributed by atoms with Crippen molar-refractivity contribution >= 4 is 16.5 Å². The van der Waals surface area contributed by atoms with Gasteiger partial charge in [-0.25, -0.2) is 4.98 Å². The Hall–Kier alpha value is -2.14. The molecule has 0 bridgehead atoms. The van der Waals surface area contributed by atoms with Crippen molar-refractivity contribution in [2.75, 3.05) is 5.32 Å². The third kappa shape index (κ3) is 2.82. The molecule has 0 aliphatic rings. The summed E-state index contributed by atoms with van der Waals surface area (Å²) in [4.78, 5) is 4.56. The molecular weight excluding hydrogens is 256 g/mol.